The molecule has 64 heavy (non-hydrogen) atoms. The van der Waals surface area contributed by atoms with E-state index < -0.39 is 77.6 Å². The van der Waals surface area contributed by atoms with Gasteiger partial charge in [0.05, 0.1) is 11.8 Å². The Balaban J connectivity index is 0.00000185. The highest BCUT2D eigenvalue weighted by molar-refractivity contribution is 7.99. The third-order valence-corrected chi connectivity index (χ3v) is 10.3. The van der Waals surface area contributed by atoms with Gasteiger partial charge in [-0.3, -0.25) is 19.2 Å². The number of nitrogens with two attached hydrogens (primary N) is 2. The second-order valence-electron chi connectivity index (χ2n) is 15.7. The van der Waals surface area contributed by atoms with Crippen molar-refractivity contribution in [2.24, 2.45) is 16.9 Å². The molecule has 3 atom stereocenters. The molecule has 0 aliphatic heterocycles. The summed E-state index contributed by atoms with van der Waals surface area (Å²) in [6, 6.07) is 12.0. The molecule has 0 saturated heterocycles. The van der Waals surface area contributed by atoms with E-state index in [-0.39, 0.29) is 29.4 Å². The molecule has 0 saturated carbocycles. The summed E-state index contributed by atoms with van der Waals surface area (Å²) in [5.41, 5.74) is 13.2. The zero-order valence-corrected chi connectivity index (χ0v) is 37.0. The van der Waals surface area contributed by atoms with E-state index >= 15 is 4.39 Å². The molecule has 15 nitrogen and oxygen atoms in total. The van der Waals surface area contributed by atoms with Gasteiger partial charge in [0.25, 0.3) is 0 Å². The molecule has 9 N–H and O–H groups in total. The normalized spacial score (nSPS) is 12.8. The van der Waals surface area contributed by atoms with Gasteiger partial charge in [0.1, 0.15) is 23.7 Å². The molecular formula is C43H58F5N7O8S. The number of alkyl halides is 3. The average molecular weight is 928 g/mol. The van der Waals surface area contributed by atoms with Gasteiger partial charge < -0.3 is 47.1 Å². The Morgan fingerprint density at radius 2 is 1.52 bits per heavy atom. The van der Waals surface area contributed by atoms with Crippen molar-refractivity contribution >= 4 is 47.3 Å². The maximum atomic E-state index is 15.1. The van der Waals surface area contributed by atoms with Crippen LogP contribution in [0.25, 0.3) is 11.1 Å². The van der Waals surface area contributed by atoms with E-state index in [4.69, 9.17) is 21.4 Å². The van der Waals surface area contributed by atoms with Crippen molar-refractivity contribution in [3.8, 4) is 11.1 Å². The Morgan fingerprint density at radius 1 is 0.875 bits per heavy atom. The summed E-state index contributed by atoms with van der Waals surface area (Å²) in [5, 5.41) is 24.3. The van der Waals surface area contributed by atoms with E-state index in [0.29, 0.717) is 57.4 Å². The highest BCUT2D eigenvalue weighted by atomic mass is 32.2. The van der Waals surface area contributed by atoms with Crippen LogP contribution in [-0.2, 0) is 35.3 Å². The number of hydrogen-bond donors (Lipinski definition) is 7. The summed E-state index contributed by atoms with van der Waals surface area (Å²) >= 11 is 1.21. The van der Waals surface area contributed by atoms with Crippen molar-refractivity contribution < 1.29 is 60.9 Å². The van der Waals surface area contributed by atoms with Crippen molar-refractivity contribution in [3.05, 3.63) is 83.7 Å². The van der Waals surface area contributed by atoms with Crippen LogP contribution in [0.5, 0.6) is 0 Å². The Morgan fingerprint density at radius 3 is 2.08 bits per heavy atom. The maximum Gasteiger partial charge on any atom is 0.490 e. The molecule has 3 aromatic rings. The predicted molar refractivity (Wildman–Crippen MR) is 232 cm³/mol. The molecule has 2 aromatic carbocycles. The molecule has 354 valence electrons. The van der Waals surface area contributed by atoms with E-state index in [2.05, 4.69) is 16.0 Å². The SMILES string of the molecule is CC(=O)N[C@@H](CCCCN)C(=O)NC[C@@H](NC(=O)CCSCC(=O)N(CCCN)[C@@H](c1cc(-c2cc(F)ccc2F)cn1Cc1ccccc1)C(C)(C)C)C(=O)O.O=C(O)C(F)(F)F. The van der Waals surface area contributed by atoms with Crippen LogP contribution >= 0.6 is 11.8 Å². The summed E-state index contributed by atoms with van der Waals surface area (Å²) < 4.78 is 63.1. The number of amides is 4. The van der Waals surface area contributed by atoms with E-state index in [1.54, 1.807) is 17.2 Å². The first-order valence-electron chi connectivity index (χ1n) is 20.3. The van der Waals surface area contributed by atoms with E-state index in [9.17, 15) is 46.6 Å². The molecule has 0 aliphatic carbocycles. The number of aliphatic carboxylic acids is 2. The smallest absolute Gasteiger partial charge is 0.480 e. The molecule has 0 aliphatic rings. The lowest BCUT2D eigenvalue weighted by Gasteiger charge is -2.41. The van der Waals surface area contributed by atoms with E-state index in [1.165, 1.54) is 18.7 Å². The van der Waals surface area contributed by atoms with Crippen molar-refractivity contribution in [1.82, 2.24) is 25.4 Å². The quantitative estimate of drug-likeness (QED) is 0.0503. The fourth-order valence-corrected chi connectivity index (χ4v) is 7.29. The van der Waals surface area contributed by atoms with Crippen molar-refractivity contribution in [2.75, 3.05) is 37.7 Å². The molecule has 0 radical (unpaired) electrons. The van der Waals surface area contributed by atoms with Crippen LogP contribution in [0.3, 0.4) is 0 Å². The summed E-state index contributed by atoms with van der Waals surface area (Å²) in [6.07, 6.45) is -1.36. The zero-order chi connectivity index (χ0) is 48.2. The second-order valence-corrected chi connectivity index (χ2v) is 16.8. The lowest BCUT2D eigenvalue weighted by molar-refractivity contribution is -0.192. The van der Waals surface area contributed by atoms with Crippen LogP contribution < -0.4 is 27.4 Å². The lowest BCUT2D eigenvalue weighted by Crippen LogP contribution is -2.52. The first kappa shape index (κ1) is 54.6. The Bertz CT molecular complexity index is 2010. The Kier molecular flexibility index (Phi) is 22.4. The highest BCUT2D eigenvalue weighted by Crippen LogP contribution is 2.41. The zero-order valence-electron chi connectivity index (χ0n) is 36.2. The first-order chi connectivity index (χ1) is 30.0. The maximum absolute atomic E-state index is 15.1. The van der Waals surface area contributed by atoms with Crippen molar-refractivity contribution in [2.45, 2.75) is 90.6 Å². The standard InChI is InChI=1S/C41H57F2N7O6S.C2HF3O2/c1-27(51)47-33(13-8-9-17-44)39(54)46-23-34(40(55)56)48-36(52)16-20-57-26-37(53)50(19-10-18-45)38(41(2,3)4)35-21-29(31-22-30(42)14-15-32(31)43)25-49(35)24-28-11-6-5-7-12-28;3-2(4,5)1(6)7/h5-7,11-12,14-15,21-22,25,33-34,38H,8-10,13,16-20,23-24,26,44-45H2,1-4H3,(H,46,54)(H,47,51)(H,48,52)(H,55,56);(H,6,7)/t33-,34+,38-;/m0./s1. The van der Waals surface area contributed by atoms with Crippen LogP contribution in [0.1, 0.15) is 77.1 Å². The molecule has 1 aromatic heterocycles. The monoisotopic (exact) mass is 927 g/mol. The number of nitrogens with zero attached hydrogens (tertiary/aromatic N) is 2. The minimum absolute atomic E-state index is 0.00230. The fraction of sp³-hybridized carbons (Fsp3) is 0.488. The van der Waals surface area contributed by atoms with Gasteiger partial charge >= 0.3 is 18.1 Å². The number of hydrogen-bond acceptors (Lipinski definition) is 9. The number of nitrogens with one attached hydrogen (secondary N) is 3. The molecular weight excluding hydrogens is 870 g/mol. The summed E-state index contributed by atoms with van der Waals surface area (Å²) in [5.74, 6) is -6.85. The summed E-state index contributed by atoms with van der Waals surface area (Å²) in [4.78, 5) is 73.9. The number of carboxylic acid groups (broad SMARTS) is 2. The number of halogens is 5. The molecule has 0 spiro atoms. The summed E-state index contributed by atoms with van der Waals surface area (Å²) in [6.45, 7) is 8.36. The predicted octanol–water partition coefficient (Wildman–Crippen LogP) is 4.82. The molecule has 4 amide bonds. The number of rotatable bonds is 23. The van der Waals surface area contributed by atoms with Gasteiger partial charge in [0, 0.05) is 61.7 Å². The molecule has 21 heteroatoms. The van der Waals surface area contributed by atoms with Crippen LogP contribution in [0.15, 0.2) is 60.8 Å². The number of carbonyl (C=O) groups is 6. The molecule has 0 fully saturated rings. The average Bonchev–Trinajstić information content (AvgIpc) is 3.61. The molecule has 1 heterocycles. The fourth-order valence-electron chi connectivity index (χ4n) is 6.48. The van der Waals surface area contributed by atoms with Gasteiger partial charge in [-0.2, -0.15) is 24.9 Å². The Labute approximate surface area is 372 Å². The highest BCUT2D eigenvalue weighted by Gasteiger charge is 2.39. The number of benzene rings is 2. The largest absolute Gasteiger partial charge is 0.490 e. The summed E-state index contributed by atoms with van der Waals surface area (Å²) in [7, 11) is 0. The molecule has 0 bridgehead atoms. The van der Waals surface area contributed by atoms with Crippen LogP contribution in [0.4, 0.5) is 22.0 Å². The van der Waals surface area contributed by atoms with Gasteiger partial charge in [0.15, 0.2) is 0 Å². The van der Waals surface area contributed by atoms with Crippen molar-refractivity contribution in [3.63, 3.8) is 0 Å². The molecule has 0 unspecified atom stereocenters. The van der Waals surface area contributed by atoms with Gasteiger partial charge in [0.2, 0.25) is 23.6 Å². The van der Waals surface area contributed by atoms with E-state index in [1.807, 2.05) is 55.7 Å². The minimum Gasteiger partial charge on any atom is -0.480 e. The number of aromatic nitrogens is 1. The lowest BCUT2D eigenvalue weighted by atomic mass is 9.83. The van der Waals surface area contributed by atoms with Gasteiger partial charge in [-0.15, -0.1) is 0 Å². The van der Waals surface area contributed by atoms with Crippen LogP contribution in [0.2, 0.25) is 0 Å². The van der Waals surface area contributed by atoms with E-state index in [0.717, 1.165) is 29.5 Å². The van der Waals surface area contributed by atoms with Gasteiger partial charge in [-0.05, 0) is 74.0 Å². The minimum atomic E-state index is -5.08. The third kappa shape index (κ3) is 18.7. The molecule has 3 rings (SSSR count). The van der Waals surface area contributed by atoms with Crippen LogP contribution in [0, 0.1) is 17.0 Å². The number of thioether (sulfide) groups is 1. The van der Waals surface area contributed by atoms with Gasteiger partial charge in [-0.25, -0.2) is 18.4 Å². The number of unbranched alkanes of at least 4 members (excludes halogenated alkanes) is 1. The number of carboxylic acids is 2. The third-order valence-electron chi connectivity index (χ3n) is 9.40. The van der Waals surface area contributed by atoms with Crippen molar-refractivity contribution in [1.29, 1.82) is 0 Å². The second kappa shape index (κ2) is 26.3. The first-order valence-corrected chi connectivity index (χ1v) is 21.5. The Hall–Kier alpha value is -5.54. The number of carbonyl (C=O) groups excluding carboxylic acids is 4. The topological polar surface area (TPSA) is 239 Å². The van der Waals surface area contributed by atoms with Gasteiger partial charge in [-0.1, -0.05) is 51.1 Å². The van der Waals surface area contributed by atoms with Crippen LogP contribution in [-0.4, -0.2) is 111 Å².